The van der Waals surface area contributed by atoms with Gasteiger partial charge in [-0.1, -0.05) is 40.2 Å². The maximum Gasteiger partial charge on any atom is 0.275 e. The topological polar surface area (TPSA) is 123 Å². The number of para-hydroxylation sites is 1. The van der Waals surface area contributed by atoms with Gasteiger partial charge in [0.1, 0.15) is 12.4 Å². The van der Waals surface area contributed by atoms with Gasteiger partial charge in [-0.05, 0) is 29.8 Å². The van der Waals surface area contributed by atoms with Crippen LogP contribution in [0.25, 0.3) is 0 Å². The van der Waals surface area contributed by atoms with Crippen LogP contribution in [-0.4, -0.2) is 29.3 Å². The molecule has 3 aromatic rings. The molecule has 0 aromatic heterocycles. The van der Waals surface area contributed by atoms with Crippen molar-refractivity contribution in [1.82, 2.24) is 5.43 Å². The highest BCUT2D eigenvalue weighted by atomic mass is 79.9. The van der Waals surface area contributed by atoms with E-state index in [9.17, 15) is 20.0 Å². The van der Waals surface area contributed by atoms with Gasteiger partial charge in [-0.25, -0.2) is 5.43 Å². The molecule has 0 radical (unpaired) electrons. The molecule has 0 atom stereocenters. The number of non-ortho nitro benzene ring substituents is 1. The molecule has 3 aromatic carbocycles. The molecule has 0 bridgehead atoms. The standard InChI is InChI=1S/C22H18BrN3O6/c1-31-20-11-17(26(29)30)10-15(21(20)27)12-24-25-22(28)18-4-2-3-5-19(18)32-13-14-6-8-16(23)9-7-14/h2-12,27H,13H2,1H3,(H,25,28)/b24-12-. The van der Waals surface area contributed by atoms with Gasteiger partial charge in [-0.15, -0.1) is 0 Å². The lowest BCUT2D eigenvalue weighted by Gasteiger charge is -2.10. The fourth-order valence-electron chi connectivity index (χ4n) is 2.72. The van der Waals surface area contributed by atoms with E-state index >= 15 is 0 Å². The van der Waals surface area contributed by atoms with Gasteiger partial charge >= 0.3 is 0 Å². The van der Waals surface area contributed by atoms with Crippen LogP contribution in [-0.2, 0) is 6.61 Å². The average molecular weight is 500 g/mol. The lowest BCUT2D eigenvalue weighted by atomic mass is 10.1. The summed E-state index contributed by atoms with van der Waals surface area (Å²) < 4.78 is 11.7. The number of aromatic hydroxyl groups is 1. The number of benzene rings is 3. The highest BCUT2D eigenvalue weighted by Crippen LogP contribution is 2.33. The van der Waals surface area contributed by atoms with E-state index in [4.69, 9.17) is 9.47 Å². The van der Waals surface area contributed by atoms with Crippen LogP contribution in [0.15, 0.2) is 70.2 Å². The lowest BCUT2D eigenvalue weighted by Crippen LogP contribution is -2.18. The summed E-state index contributed by atoms with van der Waals surface area (Å²) >= 11 is 3.37. The zero-order valence-corrected chi connectivity index (χ0v) is 18.4. The summed E-state index contributed by atoms with van der Waals surface area (Å²) in [7, 11) is 1.27. The number of carbonyl (C=O) groups is 1. The van der Waals surface area contributed by atoms with Crippen molar-refractivity contribution in [3.8, 4) is 17.2 Å². The molecule has 0 fully saturated rings. The van der Waals surface area contributed by atoms with E-state index in [1.165, 1.54) is 7.11 Å². The first-order valence-electron chi connectivity index (χ1n) is 9.24. The zero-order valence-electron chi connectivity index (χ0n) is 16.8. The molecule has 164 valence electrons. The van der Waals surface area contributed by atoms with E-state index in [1.54, 1.807) is 24.3 Å². The van der Waals surface area contributed by atoms with Gasteiger partial charge in [0.2, 0.25) is 0 Å². The number of nitrogens with one attached hydrogen (secondary N) is 1. The SMILES string of the molecule is COc1cc([N+](=O)[O-])cc(/C=N\NC(=O)c2ccccc2OCc2ccc(Br)cc2)c1O. The Kier molecular flexibility index (Phi) is 7.40. The molecule has 0 spiro atoms. The first kappa shape index (κ1) is 22.8. The largest absolute Gasteiger partial charge is 0.504 e. The molecule has 0 aliphatic heterocycles. The maximum absolute atomic E-state index is 12.6. The number of hydrogen-bond acceptors (Lipinski definition) is 7. The van der Waals surface area contributed by atoms with Crippen molar-refractivity contribution in [3.05, 3.63) is 91.9 Å². The van der Waals surface area contributed by atoms with Gasteiger partial charge < -0.3 is 14.6 Å². The summed E-state index contributed by atoms with van der Waals surface area (Å²) in [5.74, 6) is -0.611. The van der Waals surface area contributed by atoms with E-state index in [1.807, 2.05) is 24.3 Å². The molecule has 3 rings (SSSR count). The summed E-state index contributed by atoms with van der Waals surface area (Å²) in [5.41, 5.74) is 3.23. The number of hydrazone groups is 1. The van der Waals surface area contributed by atoms with Crippen LogP contribution in [0.5, 0.6) is 17.2 Å². The zero-order chi connectivity index (χ0) is 23.1. The van der Waals surface area contributed by atoms with Crippen molar-refractivity contribution in [2.24, 2.45) is 5.10 Å². The molecule has 0 saturated carbocycles. The predicted molar refractivity (Wildman–Crippen MR) is 121 cm³/mol. The third kappa shape index (κ3) is 5.61. The van der Waals surface area contributed by atoms with Crippen molar-refractivity contribution < 1.29 is 24.3 Å². The number of rotatable bonds is 8. The van der Waals surface area contributed by atoms with Gasteiger partial charge in [0, 0.05) is 16.1 Å². The number of phenolic OH excluding ortho intramolecular Hbond substituents is 1. The number of phenols is 1. The highest BCUT2D eigenvalue weighted by Gasteiger charge is 2.16. The van der Waals surface area contributed by atoms with Crippen LogP contribution in [0.3, 0.4) is 0 Å². The van der Waals surface area contributed by atoms with E-state index in [2.05, 4.69) is 26.5 Å². The van der Waals surface area contributed by atoms with Crippen molar-refractivity contribution in [2.75, 3.05) is 7.11 Å². The van der Waals surface area contributed by atoms with Crippen LogP contribution < -0.4 is 14.9 Å². The molecular weight excluding hydrogens is 482 g/mol. The fourth-order valence-corrected chi connectivity index (χ4v) is 2.98. The fraction of sp³-hybridized carbons (Fsp3) is 0.0909. The number of nitro groups is 1. The molecule has 0 unspecified atom stereocenters. The number of methoxy groups -OCH3 is 1. The van der Waals surface area contributed by atoms with E-state index < -0.39 is 10.8 Å². The Bertz CT molecular complexity index is 1160. The monoisotopic (exact) mass is 499 g/mol. The molecule has 0 heterocycles. The summed E-state index contributed by atoms with van der Waals surface area (Å²) in [6.07, 6.45) is 1.09. The number of halogens is 1. The second kappa shape index (κ2) is 10.4. The van der Waals surface area contributed by atoms with Crippen LogP contribution in [0.2, 0.25) is 0 Å². The third-order valence-corrected chi connectivity index (χ3v) is 4.86. The summed E-state index contributed by atoms with van der Waals surface area (Å²) in [4.78, 5) is 23.0. The van der Waals surface area contributed by atoms with Gasteiger partial charge in [0.05, 0.1) is 29.9 Å². The quantitative estimate of drug-likeness (QED) is 0.268. The lowest BCUT2D eigenvalue weighted by molar-refractivity contribution is -0.385. The molecule has 9 nitrogen and oxygen atoms in total. The van der Waals surface area contributed by atoms with Gasteiger partial charge in [0.25, 0.3) is 11.6 Å². The Morgan fingerprint density at radius 3 is 2.59 bits per heavy atom. The summed E-state index contributed by atoms with van der Waals surface area (Å²) in [6, 6.07) is 16.5. The van der Waals surface area contributed by atoms with Crippen LogP contribution in [0, 0.1) is 10.1 Å². The number of nitrogens with zero attached hydrogens (tertiary/aromatic N) is 2. The average Bonchev–Trinajstić information content (AvgIpc) is 2.79. The van der Waals surface area contributed by atoms with E-state index in [0.29, 0.717) is 5.75 Å². The predicted octanol–water partition coefficient (Wildman–Crippen LogP) is 4.41. The van der Waals surface area contributed by atoms with Crippen molar-refractivity contribution in [3.63, 3.8) is 0 Å². The Morgan fingerprint density at radius 2 is 1.91 bits per heavy atom. The number of amides is 1. The van der Waals surface area contributed by atoms with Gasteiger partial charge in [-0.2, -0.15) is 5.10 Å². The van der Waals surface area contributed by atoms with Gasteiger partial charge in [-0.3, -0.25) is 14.9 Å². The minimum Gasteiger partial charge on any atom is -0.504 e. The van der Waals surface area contributed by atoms with Crippen molar-refractivity contribution in [2.45, 2.75) is 6.61 Å². The number of ether oxygens (including phenoxy) is 2. The molecule has 2 N–H and O–H groups in total. The summed E-state index contributed by atoms with van der Waals surface area (Å²) in [6.45, 7) is 0.266. The number of hydrogen-bond donors (Lipinski definition) is 2. The van der Waals surface area contributed by atoms with E-state index in [-0.39, 0.29) is 34.9 Å². The second-order valence-corrected chi connectivity index (χ2v) is 7.37. The molecule has 0 aliphatic carbocycles. The normalized spacial score (nSPS) is 10.7. The number of carbonyl (C=O) groups excluding carboxylic acids is 1. The minimum atomic E-state index is -0.628. The van der Waals surface area contributed by atoms with Crippen LogP contribution >= 0.6 is 15.9 Å². The highest BCUT2D eigenvalue weighted by molar-refractivity contribution is 9.10. The Morgan fingerprint density at radius 1 is 1.19 bits per heavy atom. The van der Waals surface area contributed by atoms with Crippen molar-refractivity contribution >= 4 is 33.7 Å². The third-order valence-electron chi connectivity index (χ3n) is 4.33. The van der Waals surface area contributed by atoms with Crippen molar-refractivity contribution in [1.29, 1.82) is 0 Å². The Balaban J connectivity index is 1.73. The molecule has 0 saturated heterocycles. The first-order valence-corrected chi connectivity index (χ1v) is 10.0. The van der Waals surface area contributed by atoms with Crippen LogP contribution in [0.1, 0.15) is 21.5 Å². The smallest absolute Gasteiger partial charge is 0.275 e. The molecule has 0 aliphatic rings. The van der Waals surface area contributed by atoms with Gasteiger partial charge in [0.15, 0.2) is 11.5 Å². The van der Waals surface area contributed by atoms with E-state index in [0.717, 1.165) is 28.4 Å². The maximum atomic E-state index is 12.6. The number of nitro benzene ring substituents is 1. The Labute approximate surface area is 191 Å². The Hall–Kier alpha value is -3.92. The first-order chi connectivity index (χ1) is 15.4. The molecule has 1 amide bonds. The molecule has 32 heavy (non-hydrogen) atoms. The second-order valence-electron chi connectivity index (χ2n) is 6.45. The van der Waals surface area contributed by atoms with Crippen LogP contribution in [0.4, 0.5) is 5.69 Å². The molecular formula is C22H18BrN3O6. The molecule has 10 heteroatoms. The minimum absolute atomic E-state index is 0.0103. The summed E-state index contributed by atoms with van der Waals surface area (Å²) in [5, 5.41) is 25.0.